The molecule has 6 aliphatic rings. The van der Waals surface area contributed by atoms with Crippen LogP contribution in [0.15, 0.2) is 4.99 Å². The Bertz CT molecular complexity index is 667. The molecular formula is C22H34N2OS. The van der Waals surface area contributed by atoms with Gasteiger partial charge in [0.2, 0.25) is 0 Å². The van der Waals surface area contributed by atoms with Gasteiger partial charge in [0.25, 0.3) is 0 Å². The van der Waals surface area contributed by atoms with Gasteiger partial charge in [0.05, 0.1) is 11.8 Å². The fourth-order valence-electron chi connectivity index (χ4n) is 8.85. The Balaban J connectivity index is 1.37. The molecule has 0 spiro atoms. The van der Waals surface area contributed by atoms with Crippen LogP contribution >= 0.6 is 11.8 Å². The van der Waals surface area contributed by atoms with E-state index in [0.717, 1.165) is 36.0 Å². The lowest BCUT2D eigenvalue weighted by atomic mass is 9.45. The van der Waals surface area contributed by atoms with Gasteiger partial charge >= 0.3 is 0 Å². The van der Waals surface area contributed by atoms with Crippen molar-refractivity contribution < 1.29 is 5.11 Å². The van der Waals surface area contributed by atoms with E-state index in [9.17, 15) is 5.11 Å². The number of amidine groups is 1. The molecule has 0 amide bonds. The Hall–Kier alpha value is -0.220. The lowest BCUT2D eigenvalue weighted by Crippen LogP contribution is -2.62. The summed E-state index contributed by atoms with van der Waals surface area (Å²) in [6.07, 6.45) is 12.5. The van der Waals surface area contributed by atoms with Crippen LogP contribution in [0.1, 0.15) is 71.6 Å². The summed E-state index contributed by atoms with van der Waals surface area (Å²) >= 11 is 1.90. The van der Waals surface area contributed by atoms with Crippen molar-refractivity contribution in [1.82, 2.24) is 4.90 Å². The van der Waals surface area contributed by atoms with E-state index in [4.69, 9.17) is 0 Å². The zero-order chi connectivity index (χ0) is 17.7. The van der Waals surface area contributed by atoms with Crippen LogP contribution in [0.5, 0.6) is 0 Å². The number of rotatable bonds is 0. The average molecular weight is 375 g/mol. The molecule has 5 fully saturated rings. The average Bonchev–Trinajstić information content (AvgIpc) is 3.25. The number of hydrogen-bond acceptors (Lipinski definition) is 4. The predicted molar refractivity (Wildman–Crippen MR) is 107 cm³/mol. The molecule has 2 heterocycles. The Labute approximate surface area is 162 Å². The minimum absolute atomic E-state index is 0.0608. The standard InChI is InChI=1S/C22H34N2OS/c1-20-9-4-3-5-14(20)6-7-15-16(20)8-10-21(2)17(15)13-18-22(21,25)24-12-11-23-19(24)26-18/h14-18,25H,3-13H2,1-2H3/t14-,15-,16+,17+,18-,20+,21+,22+/m1/s1. The second-order valence-corrected chi connectivity index (χ2v) is 11.9. The summed E-state index contributed by atoms with van der Waals surface area (Å²) < 4.78 is 0. The number of hydrogen-bond donors (Lipinski definition) is 1. The molecule has 144 valence electrons. The summed E-state index contributed by atoms with van der Waals surface area (Å²) in [4.78, 5) is 7.00. The van der Waals surface area contributed by atoms with Gasteiger partial charge < -0.3 is 10.0 Å². The molecule has 0 bridgehead atoms. The Morgan fingerprint density at radius 2 is 1.96 bits per heavy atom. The molecule has 0 aromatic rings. The molecule has 2 aliphatic heterocycles. The van der Waals surface area contributed by atoms with Gasteiger partial charge in [0.1, 0.15) is 0 Å². The fraction of sp³-hybridized carbons (Fsp3) is 0.955. The minimum atomic E-state index is -0.632. The van der Waals surface area contributed by atoms with Crippen LogP contribution in [0.3, 0.4) is 0 Å². The topological polar surface area (TPSA) is 35.8 Å². The monoisotopic (exact) mass is 374 g/mol. The summed E-state index contributed by atoms with van der Waals surface area (Å²) in [5.74, 6) is 3.47. The molecular weight excluding hydrogens is 340 g/mol. The van der Waals surface area contributed by atoms with Crippen LogP contribution in [0.4, 0.5) is 0 Å². The highest BCUT2D eigenvalue weighted by Gasteiger charge is 2.72. The Kier molecular flexibility index (Phi) is 3.36. The van der Waals surface area contributed by atoms with Crippen molar-refractivity contribution in [3.05, 3.63) is 0 Å². The first-order valence-corrected chi connectivity index (χ1v) is 12.1. The van der Waals surface area contributed by atoms with Gasteiger partial charge in [-0.15, -0.1) is 0 Å². The number of fused-ring (bicyclic) bond motifs is 9. The van der Waals surface area contributed by atoms with Crippen molar-refractivity contribution in [3.8, 4) is 0 Å². The van der Waals surface area contributed by atoms with Crippen LogP contribution in [0.2, 0.25) is 0 Å². The summed E-state index contributed by atoms with van der Waals surface area (Å²) in [6, 6.07) is 0. The number of thioether (sulfide) groups is 1. The van der Waals surface area contributed by atoms with E-state index in [1.165, 1.54) is 57.8 Å². The molecule has 4 saturated carbocycles. The highest BCUT2D eigenvalue weighted by Crippen LogP contribution is 2.71. The fourth-order valence-corrected chi connectivity index (χ4v) is 10.5. The van der Waals surface area contributed by atoms with Gasteiger partial charge in [0.15, 0.2) is 10.9 Å². The van der Waals surface area contributed by atoms with Crippen molar-refractivity contribution in [2.24, 2.45) is 39.5 Å². The third-order valence-electron chi connectivity index (χ3n) is 10.2. The maximum absolute atomic E-state index is 12.1. The molecule has 3 nitrogen and oxygen atoms in total. The van der Waals surface area contributed by atoms with Crippen LogP contribution in [0, 0.1) is 34.5 Å². The summed E-state index contributed by atoms with van der Waals surface area (Å²) in [5.41, 5.74) is 0.0223. The van der Waals surface area contributed by atoms with Crippen molar-refractivity contribution in [1.29, 1.82) is 0 Å². The van der Waals surface area contributed by atoms with E-state index in [1.54, 1.807) is 0 Å². The summed E-state index contributed by atoms with van der Waals surface area (Å²) in [6.45, 7) is 6.92. The number of aliphatic hydroxyl groups is 1. The van der Waals surface area contributed by atoms with Gasteiger partial charge in [0, 0.05) is 12.0 Å². The quantitative estimate of drug-likeness (QED) is 0.678. The van der Waals surface area contributed by atoms with Gasteiger partial charge in [-0.2, -0.15) is 0 Å². The largest absolute Gasteiger partial charge is 0.369 e. The summed E-state index contributed by atoms with van der Waals surface area (Å²) in [5, 5.41) is 13.6. The molecule has 8 atom stereocenters. The zero-order valence-corrected chi connectivity index (χ0v) is 17.2. The predicted octanol–water partition coefficient (Wildman–Crippen LogP) is 4.50. The first-order valence-electron chi connectivity index (χ1n) is 11.2. The molecule has 4 aliphatic carbocycles. The maximum Gasteiger partial charge on any atom is 0.162 e. The second kappa shape index (κ2) is 5.23. The van der Waals surface area contributed by atoms with Crippen LogP contribution in [-0.4, -0.2) is 39.2 Å². The second-order valence-electron chi connectivity index (χ2n) is 10.7. The molecule has 6 rings (SSSR count). The van der Waals surface area contributed by atoms with Crippen LogP contribution in [-0.2, 0) is 0 Å². The smallest absolute Gasteiger partial charge is 0.162 e. The molecule has 0 aromatic heterocycles. The molecule has 26 heavy (non-hydrogen) atoms. The maximum atomic E-state index is 12.1. The third kappa shape index (κ3) is 1.76. The van der Waals surface area contributed by atoms with E-state index >= 15 is 0 Å². The minimum Gasteiger partial charge on any atom is -0.369 e. The third-order valence-corrected chi connectivity index (χ3v) is 11.6. The first kappa shape index (κ1) is 16.7. The molecule has 0 unspecified atom stereocenters. The highest BCUT2D eigenvalue weighted by molar-refractivity contribution is 8.14. The molecule has 0 radical (unpaired) electrons. The molecule has 0 aromatic carbocycles. The van der Waals surface area contributed by atoms with Gasteiger partial charge in [-0.3, -0.25) is 4.99 Å². The van der Waals surface area contributed by atoms with Crippen molar-refractivity contribution in [3.63, 3.8) is 0 Å². The van der Waals surface area contributed by atoms with Crippen molar-refractivity contribution in [2.45, 2.75) is 82.6 Å². The Morgan fingerprint density at radius 1 is 1.08 bits per heavy atom. The van der Waals surface area contributed by atoms with Crippen molar-refractivity contribution in [2.75, 3.05) is 13.1 Å². The lowest BCUT2D eigenvalue weighted by Gasteiger charge is -2.61. The normalized spacial score (nSPS) is 57.7. The van der Waals surface area contributed by atoms with Crippen LogP contribution < -0.4 is 0 Å². The SMILES string of the molecule is C[C@]12CCCC[C@@H]1CC[C@@H]1[C@@H]2CC[C@@]2(C)[C@H]1C[C@H]1SC3=NCCN3[C@]12O. The highest BCUT2D eigenvalue weighted by atomic mass is 32.2. The zero-order valence-electron chi connectivity index (χ0n) is 16.4. The lowest BCUT2D eigenvalue weighted by molar-refractivity contribution is -0.188. The van der Waals surface area contributed by atoms with E-state index in [1.807, 2.05) is 11.8 Å². The van der Waals surface area contributed by atoms with Crippen molar-refractivity contribution >= 4 is 16.9 Å². The first-order chi connectivity index (χ1) is 12.5. The van der Waals surface area contributed by atoms with Gasteiger partial charge in [-0.05, 0) is 74.0 Å². The van der Waals surface area contributed by atoms with E-state index in [-0.39, 0.29) is 5.41 Å². The number of nitrogens with zero attached hydrogens (tertiary/aromatic N) is 2. The number of aliphatic imine (C=N–C) groups is 1. The van der Waals surface area contributed by atoms with E-state index in [0.29, 0.717) is 16.6 Å². The van der Waals surface area contributed by atoms with Crippen LogP contribution in [0.25, 0.3) is 0 Å². The Morgan fingerprint density at radius 3 is 2.85 bits per heavy atom. The van der Waals surface area contributed by atoms with Gasteiger partial charge in [-0.1, -0.05) is 38.5 Å². The molecule has 1 N–H and O–H groups in total. The molecule has 1 saturated heterocycles. The molecule has 4 heteroatoms. The van der Waals surface area contributed by atoms with Gasteiger partial charge in [-0.25, -0.2) is 0 Å². The van der Waals surface area contributed by atoms with E-state index in [2.05, 4.69) is 23.7 Å². The summed E-state index contributed by atoms with van der Waals surface area (Å²) in [7, 11) is 0. The van der Waals surface area contributed by atoms with E-state index < -0.39 is 5.72 Å².